The minimum atomic E-state index is -0.166. The summed E-state index contributed by atoms with van der Waals surface area (Å²) in [6, 6.07) is 23.1. The van der Waals surface area contributed by atoms with Gasteiger partial charge in [0.15, 0.2) is 5.76 Å². The highest BCUT2D eigenvalue weighted by Gasteiger charge is 2.18. The van der Waals surface area contributed by atoms with Crippen LogP contribution in [0.25, 0.3) is 22.3 Å². The Labute approximate surface area is 175 Å². The lowest BCUT2D eigenvalue weighted by atomic mass is 10.1. The molecule has 0 radical (unpaired) electrons. The summed E-state index contributed by atoms with van der Waals surface area (Å²) >= 11 is 0. The Morgan fingerprint density at radius 2 is 1.60 bits per heavy atom. The average Bonchev–Trinajstić information content (AvgIpc) is 2.79. The molecule has 0 fully saturated rings. The SMILES string of the molecule is CCc1ccc2oc(-c3ccccc3)c(OCCOc3ccc(C)cc3)c(=O)c2c1. The maximum absolute atomic E-state index is 13.3. The van der Waals surface area contributed by atoms with E-state index >= 15 is 0 Å². The summed E-state index contributed by atoms with van der Waals surface area (Å²) in [6.45, 7) is 4.64. The second-order valence-corrected chi connectivity index (χ2v) is 7.15. The van der Waals surface area contributed by atoms with E-state index < -0.39 is 0 Å². The number of aryl methyl sites for hydroxylation is 2. The number of hydrogen-bond donors (Lipinski definition) is 0. The monoisotopic (exact) mass is 400 g/mol. The van der Waals surface area contributed by atoms with Gasteiger partial charge in [0.25, 0.3) is 0 Å². The second-order valence-electron chi connectivity index (χ2n) is 7.15. The Balaban J connectivity index is 1.64. The Hall–Kier alpha value is -3.53. The fourth-order valence-corrected chi connectivity index (χ4v) is 3.29. The summed E-state index contributed by atoms with van der Waals surface area (Å²) < 4.78 is 17.8. The van der Waals surface area contributed by atoms with E-state index in [0.717, 1.165) is 23.3 Å². The van der Waals surface area contributed by atoms with Crippen molar-refractivity contribution in [3.63, 3.8) is 0 Å². The zero-order valence-corrected chi connectivity index (χ0v) is 17.2. The summed E-state index contributed by atoms with van der Waals surface area (Å²) in [5.41, 5.74) is 3.44. The molecule has 0 unspecified atom stereocenters. The van der Waals surface area contributed by atoms with Gasteiger partial charge in [0.1, 0.15) is 24.5 Å². The van der Waals surface area contributed by atoms with Crippen LogP contribution in [0.2, 0.25) is 0 Å². The molecule has 0 aliphatic heterocycles. The van der Waals surface area contributed by atoms with Crippen molar-refractivity contribution in [1.29, 1.82) is 0 Å². The van der Waals surface area contributed by atoms with E-state index in [0.29, 0.717) is 23.3 Å². The Morgan fingerprint density at radius 3 is 2.33 bits per heavy atom. The van der Waals surface area contributed by atoms with Gasteiger partial charge in [0.05, 0.1) is 5.39 Å². The lowest BCUT2D eigenvalue weighted by Crippen LogP contribution is -2.15. The number of ether oxygens (including phenoxy) is 2. The van der Waals surface area contributed by atoms with E-state index in [1.165, 1.54) is 5.56 Å². The molecular weight excluding hydrogens is 376 g/mol. The van der Waals surface area contributed by atoms with Crippen LogP contribution in [0, 0.1) is 6.92 Å². The van der Waals surface area contributed by atoms with Crippen molar-refractivity contribution in [3.8, 4) is 22.8 Å². The Kier molecular flexibility index (Phi) is 5.84. The molecule has 3 aromatic carbocycles. The lowest BCUT2D eigenvalue weighted by molar-refractivity contribution is 0.214. The van der Waals surface area contributed by atoms with Crippen LogP contribution in [-0.4, -0.2) is 13.2 Å². The lowest BCUT2D eigenvalue weighted by Gasteiger charge is -2.13. The quantitative estimate of drug-likeness (QED) is 0.369. The summed E-state index contributed by atoms with van der Waals surface area (Å²) in [5.74, 6) is 1.42. The first kappa shape index (κ1) is 19.8. The van der Waals surface area contributed by atoms with Crippen LogP contribution in [0.3, 0.4) is 0 Å². The topological polar surface area (TPSA) is 48.7 Å². The number of rotatable bonds is 7. The van der Waals surface area contributed by atoms with Crippen LogP contribution in [-0.2, 0) is 6.42 Å². The number of fused-ring (bicyclic) bond motifs is 1. The van der Waals surface area contributed by atoms with Gasteiger partial charge in [0, 0.05) is 5.56 Å². The van der Waals surface area contributed by atoms with Crippen molar-refractivity contribution < 1.29 is 13.9 Å². The normalized spacial score (nSPS) is 10.9. The largest absolute Gasteiger partial charge is 0.490 e. The third kappa shape index (κ3) is 4.23. The van der Waals surface area contributed by atoms with E-state index in [9.17, 15) is 4.79 Å². The molecule has 4 nitrogen and oxygen atoms in total. The van der Waals surface area contributed by atoms with E-state index in [1.54, 1.807) is 0 Å². The number of hydrogen-bond acceptors (Lipinski definition) is 4. The van der Waals surface area contributed by atoms with Gasteiger partial charge in [-0.1, -0.05) is 61.0 Å². The van der Waals surface area contributed by atoms with Crippen LogP contribution in [0.4, 0.5) is 0 Å². The highest BCUT2D eigenvalue weighted by Crippen LogP contribution is 2.31. The average molecular weight is 400 g/mol. The first-order valence-electron chi connectivity index (χ1n) is 10.1. The third-order valence-electron chi connectivity index (χ3n) is 4.98. The summed E-state index contributed by atoms with van der Waals surface area (Å²) in [4.78, 5) is 13.3. The van der Waals surface area contributed by atoms with Gasteiger partial charge in [-0.25, -0.2) is 0 Å². The first-order chi connectivity index (χ1) is 14.7. The maximum atomic E-state index is 13.3. The van der Waals surface area contributed by atoms with E-state index in [1.807, 2.05) is 79.7 Å². The van der Waals surface area contributed by atoms with Gasteiger partial charge >= 0.3 is 0 Å². The molecule has 0 aliphatic carbocycles. The van der Waals surface area contributed by atoms with Crippen LogP contribution in [0.1, 0.15) is 18.1 Å². The molecule has 0 spiro atoms. The van der Waals surface area contributed by atoms with E-state index in [2.05, 4.69) is 6.92 Å². The molecule has 0 amide bonds. The molecule has 0 aliphatic rings. The number of benzene rings is 3. The van der Waals surface area contributed by atoms with Crippen LogP contribution >= 0.6 is 0 Å². The molecule has 4 aromatic rings. The summed E-state index contributed by atoms with van der Waals surface area (Å²) in [6.07, 6.45) is 0.844. The molecule has 30 heavy (non-hydrogen) atoms. The van der Waals surface area contributed by atoms with Gasteiger partial charge < -0.3 is 13.9 Å². The molecular formula is C26H24O4. The molecule has 1 heterocycles. The minimum Gasteiger partial charge on any atom is -0.490 e. The molecule has 0 saturated carbocycles. The predicted octanol–water partition coefficient (Wildman–Crippen LogP) is 5.79. The van der Waals surface area contributed by atoms with Crippen molar-refractivity contribution in [2.45, 2.75) is 20.3 Å². The van der Waals surface area contributed by atoms with Crippen molar-refractivity contribution in [1.82, 2.24) is 0 Å². The molecule has 4 rings (SSSR count). The molecule has 4 heteroatoms. The predicted molar refractivity (Wildman–Crippen MR) is 119 cm³/mol. The fourth-order valence-electron chi connectivity index (χ4n) is 3.29. The molecule has 0 bridgehead atoms. The van der Waals surface area contributed by atoms with Crippen LogP contribution < -0.4 is 14.9 Å². The zero-order valence-electron chi connectivity index (χ0n) is 17.2. The fraction of sp³-hybridized carbons (Fsp3) is 0.192. The summed E-state index contributed by atoms with van der Waals surface area (Å²) in [5, 5.41) is 0.531. The minimum absolute atomic E-state index is 0.166. The van der Waals surface area contributed by atoms with Gasteiger partial charge in [-0.2, -0.15) is 0 Å². The van der Waals surface area contributed by atoms with Gasteiger partial charge in [-0.15, -0.1) is 0 Å². The van der Waals surface area contributed by atoms with Crippen LogP contribution in [0.15, 0.2) is 82.0 Å². The molecule has 0 saturated heterocycles. The molecule has 152 valence electrons. The standard InChI is InChI=1S/C26H24O4/c1-3-19-11-14-23-22(17-19)24(27)26(25(30-23)20-7-5-4-6-8-20)29-16-15-28-21-12-9-18(2)10-13-21/h4-14,17H,3,15-16H2,1-2H3. The highest BCUT2D eigenvalue weighted by atomic mass is 16.5. The Bertz CT molecular complexity index is 1190. The van der Waals surface area contributed by atoms with Gasteiger partial charge in [-0.05, 0) is 43.2 Å². The third-order valence-corrected chi connectivity index (χ3v) is 4.98. The van der Waals surface area contributed by atoms with Gasteiger partial charge in [-0.3, -0.25) is 4.79 Å². The second kappa shape index (κ2) is 8.87. The van der Waals surface area contributed by atoms with Crippen molar-refractivity contribution >= 4 is 11.0 Å². The smallest absolute Gasteiger partial charge is 0.235 e. The first-order valence-corrected chi connectivity index (χ1v) is 10.1. The van der Waals surface area contributed by atoms with Gasteiger partial charge in [0.2, 0.25) is 11.2 Å². The van der Waals surface area contributed by atoms with E-state index in [-0.39, 0.29) is 17.8 Å². The Morgan fingerprint density at radius 1 is 0.867 bits per heavy atom. The molecule has 1 aromatic heterocycles. The molecule has 0 N–H and O–H groups in total. The maximum Gasteiger partial charge on any atom is 0.235 e. The van der Waals surface area contributed by atoms with Crippen molar-refractivity contribution in [2.24, 2.45) is 0 Å². The zero-order chi connectivity index (χ0) is 20.9. The highest BCUT2D eigenvalue weighted by molar-refractivity contribution is 5.82. The van der Waals surface area contributed by atoms with Crippen molar-refractivity contribution in [2.75, 3.05) is 13.2 Å². The summed E-state index contributed by atoms with van der Waals surface area (Å²) in [7, 11) is 0. The van der Waals surface area contributed by atoms with Crippen molar-refractivity contribution in [3.05, 3.63) is 94.1 Å². The molecule has 0 atom stereocenters. The van der Waals surface area contributed by atoms with Crippen LogP contribution in [0.5, 0.6) is 11.5 Å². The van der Waals surface area contributed by atoms with E-state index in [4.69, 9.17) is 13.9 Å².